The molecule has 6 nitrogen and oxygen atoms in total. The van der Waals surface area contributed by atoms with Crippen LogP contribution in [-0.2, 0) is 11.3 Å². The van der Waals surface area contributed by atoms with Crippen molar-refractivity contribution in [3.8, 4) is 0 Å². The van der Waals surface area contributed by atoms with Crippen LogP contribution >= 0.6 is 0 Å². The lowest BCUT2D eigenvalue weighted by Crippen LogP contribution is -2.48. The first kappa shape index (κ1) is 15.6. The van der Waals surface area contributed by atoms with Crippen LogP contribution in [0.2, 0.25) is 0 Å². The van der Waals surface area contributed by atoms with E-state index >= 15 is 0 Å². The predicted octanol–water partition coefficient (Wildman–Crippen LogP) is 1.74. The minimum Gasteiger partial charge on any atom is -0.454 e. The molecule has 1 fully saturated rings. The van der Waals surface area contributed by atoms with Crippen molar-refractivity contribution >= 4 is 5.91 Å². The summed E-state index contributed by atoms with van der Waals surface area (Å²) in [4.78, 5) is 26.0. The topological polar surface area (TPSA) is 64.7 Å². The summed E-state index contributed by atoms with van der Waals surface area (Å²) in [6.45, 7) is 5.31. The molecule has 3 rings (SSSR count). The molecule has 2 unspecified atom stereocenters. The molecule has 0 bridgehead atoms. The van der Waals surface area contributed by atoms with E-state index in [2.05, 4.69) is 0 Å². The zero-order chi connectivity index (χ0) is 16.4. The van der Waals surface area contributed by atoms with Crippen LogP contribution < -0.4 is 5.56 Å². The molecule has 1 aliphatic rings. The SMILES string of the molecule is CC1CN(C(=O)c2ccc(Cn3ccccc3=O)o2)CC(C)O1. The molecule has 0 aromatic carbocycles. The smallest absolute Gasteiger partial charge is 0.289 e. The molecule has 1 saturated heterocycles. The molecule has 6 heteroatoms. The highest BCUT2D eigenvalue weighted by atomic mass is 16.5. The number of ether oxygens (including phenoxy) is 1. The Morgan fingerprint density at radius 2 is 1.91 bits per heavy atom. The third-order valence-corrected chi connectivity index (χ3v) is 3.80. The molecule has 0 N–H and O–H groups in total. The van der Waals surface area contributed by atoms with Gasteiger partial charge in [0.05, 0.1) is 18.8 Å². The molecular weight excluding hydrogens is 296 g/mol. The van der Waals surface area contributed by atoms with Crippen LogP contribution in [0.1, 0.15) is 30.2 Å². The van der Waals surface area contributed by atoms with Crippen LogP contribution in [0.25, 0.3) is 0 Å². The maximum absolute atomic E-state index is 12.5. The van der Waals surface area contributed by atoms with Gasteiger partial charge in [-0.15, -0.1) is 0 Å². The van der Waals surface area contributed by atoms with Crippen LogP contribution in [0.5, 0.6) is 0 Å². The summed E-state index contributed by atoms with van der Waals surface area (Å²) in [5.41, 5.74) is -0.104. The highest BCUT2D eigenvalue weighted by Gasteiger charge is 2.28. The maximum atomic E-state index is 12.5. The average Bonchev–Trinajstić information content (AvgIpc) is 2.96. The fourth-order valence-electron chi connectivity index (χ4n) is 2.84. The molecular formula is C17H20N2O4. The number of hydrogen-bond donors (Lipinski definition) is 0. The van der Waals surface area contributed by atoms with Gasteiger partial charge in [-0.3, -0.25) is 9.59 Å². The zero-order valence-corrected chi connectivity index (χ0v) is 13.3. The van der Waals surface area contributed by atoms with Crippen LogP contribution in [0, 0.1) is 0 Å². The number of amides is 1. The number of aromatic nitrogens is 1. The second-order valence-corrected chi connectivity index (χ2v) is 5.90. The second-order valence-electron chi connectivity index (χ2n) is 5.90. The standard InChI is InChI=1S/C17H20N2O4/c1-12-9-19(10-13(2)22-12)17(21)15-7-6-14(23-15)11-18-8-4-3-5-16(18)20/h3-8,12-13H,9-11H2,1-2H3. The van der Waals surface area contributed by atoms with Crippen LogP contribution in [0.4, 0.5) is 0 Å². The number of pyridine rings is 1. The van der Waals surface area contributed by atoms with Crippen molar-refractivity contribution in [2.24, 2.45) is 0 Å². The summed E-state index contributed by atoms with van der Waals surface area (Å²) in [5.74, 6) is 0.736. The summed E-state index contributed by atoms with van der Waals surface area (Å²) in [6, 6.07) is 8.37. The quantitative estimate of drug-likeness (QED) is 0.865. The fourth-order valence-corrected chi connectivity index (χ4v) is 2.84. The van der Waals surface area contributed by atoms with E-state index in [1.54, 1.807) is 35.4 Å². The van der Waals surface area contributed by atoms with E-state index in [0.29, 0.717) is 31.2 Å². The van der Waals surface area contributed by atoms with Crippen molar-refractivity contribution in [3.05, 3.63) is 58.4 Å². The molecule has 1 amide bonds. The average molecular weight is 316 g/mol. The normalized spacial score (nSPS) is 21.4. The minimum atomic E-state index is -0.140. The lowest BCUT2D eigenvalue weighted by Gasteiger charge is -2.34. The lowest BCUT2D eigenvalue weighted by molar-refractivity contribution is -0.0592. The van der Waals surface area contributed by atoms with Crippen molar-refractivity contribution in [3.63, 3.8) is 0 Å². The summed E-state index contributed by atoms with van der Waals surface area (Å²) in [6.07, 6.45) is 1.72. The van der Waals surface area contributed by atoms with E-state index in [0.717, 1.165) is 0 Å². The van der Waals surface area contributed by atoms with E-state index in [-0.39, 0.29) is 23.7 Å². The minimum absolute atomic E-state index is 0.0139. The Morgan fingerprint density at radius 3 is 2.61 bits per heavy atom. The number of carbonyl (C=O) groups excluding carboxylic acids is 1. The van der Waals surface area contributed by atoms with Crippen LogP contribution in [-0.4, -0.2) is 40.7 Å². The summed E-state index contributed by atoms with van der Waals surface area (Å²) in [5, 5.41) is 0. The predicted molar refractivity (Wildman–Crippen MR) is 84.4 cm³/mol. The molecule has 122 valence electrons. The third kappa shape index (κ3) is 3.53. The first-order chi connectivity index (χ1) is 11.0. The number of hydrogen-bond acceptors (Lipinski definition) is 4. The van der Waals surface area contributed by atoms with Gasteiger partial charge in [0.1, 0.15) is 5.76 Å². The van der Waals surface area contributed by atoms with Gasteiger partial charge >= 0.3 is 0 Å². The third-order valence-electron chi connectivity index (χ3n) is 3.80. The van der Waals surface area contributed by atoms with Gasteiger partial charge in [0.25, 0.3) is 11.5 Å². The second kappa shape index (κ2) is 6.42. The number of morpholine rings is 1. The molecule has 2 aromatic heterocycles. The van der Waals surface area contributed by atoms with Gasteiger partial charge in [0.15, 0.2) is 5.76 Å². The summed E-state index contributed by atoms with van der Waals surface area (Å²) < 4.78 is 12.8. The number of nitrogens with zero attached hydrogens (tertiary/aromatic N) is 2. The van der Waals surface area contributed by atoms with Gasteiger partial charge in [-0.25, -0.2) is 0 Å². The van der Waals surface area contributed by atoms with E-state index in [1.165, 1.54) is 10.6 Å². The molecule has 2 aromatic rings. The molecule has 0 saturated carbocycles. The molecule has 1 aliphatic heterocycles. The van der Waals surface area contributed by atoms with Gasteiger partial charge in [-0.1, -0.05) is 6.07 Å². The Bertz CT molecular complexity index is 739. The molecule has 23 heavy (non-hydrogen) atoms. The highest BCUT2D eigenvalue weighted by Crippen LogP contribution is 2.16. The summed E-state index contributed by atoms with van der Waals surface area (Å²) in [7, 11) is 0. The van der Waals surface area contributed by atoms with Crippen LogP contribution in [0.15, 0.2) is 45.7 Å². The van der Waals surface area contributed by atoms with E-state index in [1.807, 2.05) is 13.8 Å². The van der Waals surface area contributed by atoms with Crippen molar-refractivity contribution in [2.75, 3.05) is 13.1 Å². The first-order valence-electron chi connectivity index (χ1n) is 7.72. The molecule has 0 radical (unpaired) electrons. The Balaban J connectivity index is 1.73. The Hall–Kier alpha value is -2.34. The van der Waals surface area contributed by atoms with Gasteiger partial charge in [-0.2, -0.15) is 0 Å². The number of carbonyl (C=O) groups is 1. The van der Waals surface area contributed by atoms with Crippen LogP contribution in [0.3, 0.4) is 0 Å². The molecule has 2 atom stereocenters. The van der Waals surface area contributed by atoms with E-state index < -0.39 is 0 Å². The lowest BCUT2D eigenvalue weighted by atomic mass is 10.2. The van der Waals surface area contributed by atoms with Crippen molar-refractivity contribution < 1.29 is 13.9 Å². The molecule has 3 heterocycles. The van der Waals surface area contributed by atoms with Gasteiger partial charge in [0, 0.05) is 25.4 Å². The van der Waals surface area contributed by atoms with Gasteiger partial charge in [0.2, 0.25) is 0 Å². The highest BCUT2D eigenvalue weighted by molar-refractivity contribution is 5.91. The van der Waals surface area contributed by atoms with E-state index in [4.69, 9.17) is 9.15 Å². The van der Waals surface area contributed by atoms with Crippen molar-refractivity contribution in [2.45, 2.75) is 32.6 Å². The van der Waals surface area contributed by atoms with Crippen molar-refractivity contribution in [1.29, 1.82) is 0 Å². The zero-order valence-electron chi connectivity index (χ0n) is 13.3. The van der Waals surface area contributed by atoms with Gasteiger partial charge < -0.3 is 18.6 Å². The summed E-state index contributed by atoms with van der Waals surface area (Å²) >= 11 is 0. The molecule has 0 spiro atoms. The first-order valence-corrected chi connectivity index (χ1v) is 7.72. The number of furan rings is 1. The van der Waals surface area contributed by atoms with E-state index in [9.17, 15) is 9.59 Å². The van der Waals surface area contributed by atoms with Crippen molar-refractivity contribution in [1.82, 2.24) is 9.47 Å². The Kier molecular flexibility index (Phi) is 4.34. The fraction of sp³-hybridized carbons (Fsp3) is 0.412. The monoisotopic (exact) mass is 316 g/mol. The maximum Gasteiger partial charge on any atom is 0.289 e. The Morgan fingerprint density at radius 1 is 1.17 bits per heavy atom. The van der Waals surface area contributed by atoms with Gasteiger partial charge in [-0.05, 0) is 32.0 Å². The largest absolute Gasteiger partial charge is 0.454 e. The molecule has 0 aliphatic carbocycles. The number of rotatable bonds is 3. The Labute approximate surface area is 134 Å².